The molecule has 0 amide bonds. The Morgan fingerprint density at radius 1 is 1.33 bits per heavy atom. The third kappa shape index (κ3) is 2.39. The average molecular weight is 341 g/mol. The zero-order valence-electron chi connectivity index (χ0n) is 9.73. The number of nitrogen functional groups attached to an aromatic ring is 1. The van der Waals surface area contributed by atoms with Crippen LogP contribution in [0.15, 0.2) is 39.0 Å². The van der Waals surface area contributed by atoms with Crippen LogP contribution in [-0.4, -0.2) is 12.3 Å². The number of anilines is 2. The monoisotopic (exact) mass is 340 g/mol. The van der Waals surface area contributed by atoms with Crippen molar-refractivity contribution < 1.29 is 0 Å². The van der Waals surface area contributed by atoms with Gasteiger partial charge in [-0.3, -0.25) is 0 Å². The van der Waals surface area contributed by atoms with E-state index in [4.69, 9.17) is 5.73 Å². The molecule has 3 rings (SSSR count). The first-order chi connectivity index (χ1) is 8.74. The molecule has 1 aromatic carbocycles. The van der Waals surface area contributed by atoms with Crippen LogP contribution in [0.2, 0.25) is 0 Å². The van der Waals surface area contributed by atoms with Gasteiger partial charge in [0.25, 0.3) is 0 Å². The third-order valence-electron chi connectivity index (χ3n) is 2.97. The van der Waals surface area contributed by atoms with Gasteiger partial charge in [0.05, 0.1) is 12.2 Å². The van der Waals surface area contributed by atoms with Crippen molar-refractivity contribution in [1.82, 2.24) is 0 Å². The van der Waals surface area contributed by atoms with E-state index < -0.39 is 0 Å². The van der Waals surface area contributed by atoms with Crippen LogP contribution in [0.4, 0.5) is 11.4 Å². The number of fused-ring (bicyclic) bond motifs is 1. The van der Waals surface area contributed by atoms with Gasteiger partial charge in [0, 0.05) is 32.2 Å². The fourth-order valence-corrected chi connectivity index (χ4v) is 4.59. The molecule has 0 fully saturated rings. The fraction of sp³-hybridized carbons (Fsp3) is 0.231. The Labute approximate surface area is 123 Å². The van der Waals surface area contributed by atoms with Gasteiger partial charge in [-0.15, -0.1) is 23.1 Å². The SMILES string of the molecule is Nc1ccc2c(c1)N(Cc1sccc1Br)CCS2. The molecule has 94 valence electrons. The second kappa shape index (κ2) is 5.15. The minimum Gasteiger partial charge on any atom is -0.399 e. The van der Waals surface area contributed by atoms with Gasteiger partial charge >= 0.3 is 0 Å². The summed E-state index contributed by atoms with van der Waals surface area (Å²) in [6.45, 7) is 2.03. The van der Waals surface area contributed by atoms with Gasteiger partial charge in [-0.2, -0.15) is 0 Å². The van der Waals surface area contributed by atoms with Crippen LogP contribution in [-0.2, 0) is 6.54 Å². The number of hydrogen-bond acceptors (Lipinski definition) is 4. The van der Waals surface area contributed by atoms with E-state index in [2.05, 4.69) is 44.4 Å². The zero-order valence-corrected chi connectivity index (χ0v) is 12.9. The van der Waals surface area contributed by atoms with E-state index in [-0.39, 0.29) is 0 Å². The summed E-state index contributed by atoms with van der Waals surface area (Å²) < 4.78 is 1.20. The molecule has 2 aromatic rings. The van der Waals surface area contributed by atoms with E-state index >= 15 is 0 Å². The lowest BCUT2D eigenvalue weighted by Gasteiger charge is -2.30. The Morgan fingerprint density at radius 2 is 2.22 bits per heavy atom. The lowest BCUT2D eigenvalue weighted by atomic mass is 10.2. The number of rotatable bonds is 2. The van der Waals surface area contributed by atoms with Gasteiger partial charge in [-0.1, -0.05) is 0 Å². The second-order valence-corrected chi connectivity index (χ2v) is 7.18. The normalized spacial score (nSPS) is 14.6. The molecule has 0 saturated carbocycles. The van der Waals surface area contributed by atoms with Gasteiger partial charge in [0.15, 0.2) is 0 Å². The lowest BCUT2D eigenvalue weighted by molar-refractivity contribution is 0.825. The molecule has 1 aromatic heterocycles. The van der Waals surface area contributed by atoms with Crippen molar-refractivity contribution in [1.29, 1.82) is 0 Å². The van der Waals surface area contributed by atoms with Crippen molar-refractivity contribution in [2.75, 3.05) is 22.9 Å². The van der Waals surface area contributed by atoms with Gasteiger partial charge in [-0.25, -0.2) is 0 Å². The number of hydrogen-bond donors (Lipinski definition) is 1. The smallest absolute Gasteiger partial charge is 0.0534 e. The highest BCUT2D eigenvalue weighted by molar-refractivity contribution is 9.10. The summed E-state index contributed by atoms with van der Waals surface area (Å²) in [5, 5.41) is 2.12. The molecule has 2 heterocycles. The van der Waals surface area contributed by atoms with Crippen molar-refractivity contribution in [2.24, 2.45) is 0 Å². The average Bonchev–Trinajstić information content (AvgIpc) is 2.76. The highest BCUT2D eigenvalue weighted by Crippen LogP contribution is 2.37. The van der Waals surface area contributed by atoms with E-state index in [1.807, 2.05) is 17.8 Å². The number of nitrogens with zero attached hydrogens (tertiary/aromatic N) is 1. The number of thioether (sulfide) groups is 1. The Balaban J connectivity index is 1.91. The van der Waals surface area contributed by atoms with Crippen LogP contribution in [0, 0.1) is 0 Å². The van der Waals surface area contributed by atoms with Crippen molar-refractivity contribution >= 4 is 50.4 Å². The van der Waals surface area contributed by atoms with Gasteiger partial charge in [-0.05, 0) is 45.6 Å². The van der Waals surface area contributed by atoms with Crippen LogP contribution in [0.3, 0.4) is 0 Å². The molecule has 1 aliphatic heterocycles. The zero-order chi connectivity index (χ0) is 12.5. The maximum atomic E-state index is 5.90. The molecule has 0 saturated heterocycles. The highest BCUT2D eigenvalue weighted by atomic mass is 79.9. The van der Waals surface area contributed by atoms with Crippen molar-refractivity contribution in [3.05, 3.63) is 39.0 Å². The summed E-state index contributed by atoms with van der Waals surface area (Å²) in [7, 11) is 0. The van der Waals surface area contributed by atoms with Crippen LogP contribution >= 0.6 is 39.0 Å². The first-order valence-electron chi connectivity index (χ1n) is 5.73. The Kier molecular flexibility index (Phi) is 3.54. The molecule has 0 spiro atoms. The number of benzene rings is 1. The summed E-state index contributed by atoms with van der Waals surface area (Å²) in [6.07, 6.45) is 0. The van der Waals surface area contributed by atoms with Crippen LogP contribution in [0.1, 0.15) is 4.88 Å². The fourth-order valence-electron chi connectivity index (χ4n) is 2.07. The molecular weight excluding hydrogens is 328 g/mol. The molecule has 0 aliphatic carbocycles. The van der Waals surface area contributed by atoms with E-state index in [0.29, 0.717) is 0 Å². The number of thiophene rings is 1. The van der Waals surface area contributed by atoms with Gasteiger partial charge < -0.3 is 10.6 Å². The van der Waals surface area contributed by atoms with Crippen molar-refractivity contribution in [3.63, 3.8) is 0 Å². The van der Waals surface area contributed by atoms with E-state index in [1.54, 1.807) is 11.3 Å². The summed E-state index contributed by atoms with van der Waals surface area (Å²) >= 11 is 7.31. The van der Waals surface area contributed by atoms with Crippen LogP contribution < -0.4 is 10.6 Å². The Bertz CT molecular complexity index is 568. The number of halogens is 1. The maximum Gasteiger partial charge on any atom is 0.0534 e. The Hall–Kier alpha value is -0.650. The molecule has 0 atom stereocenters. The summed E-state index contributed by atoms with van der Waals surface area (Å²) in [4.78, 5) is 5.12. The molecule has 0 bridgehead atoms. The molecule has 2 nitrogen and oxygen atoms in total. The molecule has 5 heteroatoms. The summed E-state index contributed by atoms with van der Waals surface area (Å²) in [5.41, 5.74) is 8.01. The Morgan fingerprint density at radius 3 is 3.00 bits per heavy atom. The molecule has 18 heavy (non-hydrogen) atoms. The summed E-state index contributed by atoms with van der Waals surface area (Å²) in [5.74, 6) is 1.14. The van der Waals surface area contributed by atoms with Crippen molar-refractivity contribution in [2.45, 2.75) is 11.4 Å². The minimum atomic E-state index is 0.839. The van der Waals surface area contributed by atoms with Crippen LogP contribution in [0.25, 0.3) is 0 Å². The summed E-state index contributed by atoms with van der Waals surface area (Å²) in [6, 6.07) is 8.31. The third-order valence-corrected chi connectivity index (χ3v) is 5.92. The second-order valence-electron chi connectivity index (χ2n) is 4.19. The molecular formula is C13H13BrN2S2. The van der Waals surface area contributed by atoms with Crippen LogP contribution in [0.5, 0.6) is 0 Å². The van der Waals surface area contributed by atoms with Crippen molar-refractivity contribution in [3.8, 4) is 0 Å². The topological polar surface area (TPSA) is 29.3 Å². The standard InChI is InChI=1S/C13H13BrN2S2/c14-10-3-5-17-13(10)8-16-4-6-18-12-2-1-9(15)7-11(12)16/h1-3,5,7H,4,6,8,15H2. The first-order valence-corrected chi connectivity index (χ1v) is 8.39. The van der Waals surface area contributed by atoms with Gasteiger partial charge in [0.2, 0.25) is 0 Å². The molecule has 2 N–H and O–H groups in total. The lowest BCUT2D eigenvalue weighted by Crippen LogP contribution is -2.28. The van der Waals surface area contributed by atoms with E-state index in [0.717, 1.165) is 24.5 Å². The highest BCUT2D eigenvalue weighted by Gasteiger charge is 2.18. The predicted octanol–water partition coefficient (Wildman–Crippen LogP) is 4.21. The maximum absolute atomic E-state index is 5.90. The molecule has 0 unspecified atom stereocenters. The first kappa shape index (κ1) is 12.4. The molecule has 0 radical (unpaired) electrons. The quantitative estimate of drug-likeness (QED) is 0.830. The predicted molar refractivity (Wildman–Crippen MR) is 84.6 cm³/mol. The molecule has 1 aliphatic rings. The van der Waals surface area contributed by atoms with Gasteiger partial charge in [0.1, 0.15) is 0 Å². The minimum absolute atomic E-state index is 0.839. The number of nitrogens with two attached hydrogens (primary N) is 1. The largest absolute Gasteiger partial charge is 0.399 e. The van der Waals surface area contributed by atoms with E-state index in [9.17, 15) is 0 Å². The van der Waals surface area contributed by atoms with E-state index in [1.165, 1.54) is 19.9 Å².